The maximum Gasteiger partial charge on any atom is 0.385 e. The molecule has 1 aromatic carbocycles. The minimum atomic E-state index is -8.46. The minimum absolute atomic E-state index is 0.119. The number of aliphatic imine (C=N–C) groups is 1. The summed E-state index contributed by atoms with van der Waals surface area (Å²) in [5, 5.41) is 0. The van der Waals surface area contributed by atoms with Gasteiger partial charge in [-0.15, -0.1) is 0 Å². The van der Waals surface area contributed by atoms with Crippen LogP contribution in [-0.2, 0) is 0 Å². The van der Waals surface area contributed by atoms with Crippen molar-refractivity contribution in [1.29, 1.82) is 0 Å². The molecule has 1 aromatic rings. The van der Waals surface area contributed by atoms with E-state index in [1.54, 1.807) is 18.9 Å². The molecular formula is C22H22F16N2O. The van der Waals surface area contributed by atoms with Crippen molar-refractivity contribution in [3.8, 4) is 5.75 Å². The van der Waals surface area contributed by atoms with E-state index >= 15 is 0 Å². The number of ether oxygens (including phenoxy) is 1. The molecule has 238 valence electrons. The normalized spacial score (nSPS) is 15.0. The van der Waals surface area contributed by atoms with E-state index in [4.69, 9.17) is 0 Å². The molecule has 3 nitrogen and oxygen atoms in total. The Labute approximate surface area is 222 Å². The Morgan fingerprint density at radius 1 is 0.683 bits per heavy atom. The van der Waals surface area contributed by atoms with Crippen LogP contribution >= 0.6 is 0 Å². The number of nitrogens with zero attached hydrogens (tertiary/aromatic N) is 2. The van der Waals surface area contributed by atoms with E-state index in [-0.39, 0.29) is 16.8 Å². The van der Waals surface area contributed by atoms with Gasteiger partial charge in [-0.05, 0) is 44.0 Å². The highest BCUT2D eigenvalue weighted by Gasteiger charge is 2.94. The lowest BCUT2D eigenvalue weighted by molar-refractivity contribution is -0.452. The van der Waals surface area contributed by atoms with Gasteiger partial charge in [-0.1, -0.05) is 0 Å². The van der Waals surface area contributed by atoms with Crippen molar-refractivity contribution >= 4 is 12.0 Å². The van der Waals surface area contributed by atoms with Crippen LogP contribution in [0.1, 0.15) is 25.0 Å². The minimum Gasteiger partial charge on any atom is -0.487 e. The molecule has 0 saturated carbocycles. The maximum absolute atomic E-state index is 14.2. The van der Waals surface area contributed by atoms with Gasteiger partial charge >= 0.3 is 47.4 Å². The Morgan fingerprint density at radius 3 is 1.51 bits per heavy atom. The molecule has 0 aliphatic heterocycles. The fraction of sp³-hybridized carbons (Fsp3) is 0.682. The summed E-state index contributed by atoms with van der Waals surface area (Å²) in [6.07, 6.45) is 1.33. The molecule has 0 aliphatic rings. The van der Waals surface area contributed by atoms with Crippen molar-refractivity contribution < 1.29 is 75.0 Å². The zero-order valence-electron chi connectivity index (χ0n) is 21.5. The number of rotatable bonds is 13. The first-order valence-corrected chi connectivity index (χ1v) is 11.0. The van der Waals surface area contributed by atoms with Gasteiger partial charge in [0.1, 0.15) is 5.75 Å². The summed E-state index contributed by atoms with van der Waals surface area (Å²) in [4.78, 5) is 5.61. The van der Waals surface area contributed by atoms with Crippen LogP contribution < -0.4 is 4.74 Å². The number of hydrogen-bond acceptors (Lipinski definition) is 2. The van der Waals surface area contributed by atoms with Crippen LogP contribution in [0.5, 0.6) is 5.75 Å². The summed E-state index contributed by atoms with van der Waals surface area (Å²) in [6.45, 7) is 0.527. The molecule has 0 radical (unpaired) electrons. The quantitative estimate of drug-likeness (QED) is 0.124. The van der Waals surface area contributed by atoms with Crippen LogP contribution in [0.15, 0.2) is 17.1 Å². The standard InChI is InChI=1S/C22H22F16N2O/c1-6-40(5)10-39-13-7-12(3)14(8-11(13)2)41-9-16(25,26)18(29,30)20(33,34)22(37,38)21(35,36)19(31,32)17(27,28)15(4,23)24/h7-8,10H,6,9H2,1-5H3. The van der Waals surface area contributed by atoms with Crippen LogP contribution in [-0.4, -0.2) is 78.8 Å². The van der Waals surface area contributed by atoms with Crippen LogP contribution in [0.4, 0.5) is 75.9 Å². The summed E-state index contributed by atoms with van der Waals surface area (Å²) >= 11 is 0. The zero-order valence-corrected chi connectivity index (χ0v) is 21.5. The van der Waals surface area contributed by atoms with Gasteiger partial charge in [-0.2, -0.15) is 70.2 Å². The second-order valence-electron chi connectivity index (χ2n) is 9.05. The van der Waals surface area contributed by atoms with Gasteiger partial charge < -0.3 is 9.64 Å². The molecule has 0 aromatic heterocycles. The molecule has 0 unspecified atom stereocenters. The number of alkyl halides is 16. The zero-order chi connectivity index (χ0) is 32.8. The van der Waals surface area contributed by atoms with Gasteiger partial charge in [-0.25, -0.2) is 4.99 Å². The third kappa shape index (κ3) is 5.85. The first-order valence-electron chi connectivity index (χ1n) is 11.0. The maximum atomic E-state index is 14.2. The third-order valence-corrected chi connectivity index (χ3v) is 5.78. The summed E-state index contributed by atoms with van der Waals surface area (Å²) in [5.74, 6) is -62.1. The smallest absolute Gasteiger partial charge is 0.385 e. The van der Waals surface area contributed by atoms with Crippen LogP contribution in [0.2, 0.25) is 0 Å². The van der Waals surface area contributed by atoms with Crippen LogP contribution in [0.25, 0.3) is 0 Å². The predicted octanol–water partition coefficient (Wildman–Crippen LogP) is 8.40. The number of hydrogen-bond donors (Lipinski definition) is 0. The molecule has 0 amide bonds. The highest BCUT2D eigenvalue weighted by Crippen LogP contribution is 2.63. The number of benzene rings is 1. The molecule has 0 atom stereocenters. The van der Waals surface area contributed by atoms with Gasteiger partial charge in [0.05, 0.1) is 12.0 Å². The molecule has 0 N–H and O–H groups in total. The summed E-state index contributed by atoms with van der Waals surface area (Å²) in [6, 6.07) is 2.01. The average Bonchev–Trinajstić information content (AvgIpc) is 2.81. The molecule has 0 saturated heterocycles. The first kappa shape index (κ1) is 36.4. The lowest BCUT2D eigenvalue weighted by Gasteiger charge is -2.43. The lowest BCUT2D eigenvalue weighted by atomic mass is 9.88. The van der Waals surface area contributed by atoms with Gasteiger partial charge in [0, 0.05) is 20.5 Å². The van der Waals surface area contributed by atoms with Gasteiger partial charge in [0.25, 0.3) is 0 Å². The van der Waals surface area contributed by atoms with E-state index in [9.17, 15) is 70.2 Å². The average molecular weight is 634 g/mol. The lowest BCUT2D eigenvalue weighted by Crippen LogP contribution is -2.74. The fourth-order valence-electron chi connectivity index (χ4n) is 2.86. The summed E-state index contributed by atoms with van der Waals surface area (Å²) in [5.41, 5.74) is 0.136. The number of halogens is 16. The summed E-state index contributed by atoms with van der Waals surface area (Å²) in [7, 11) is 1.62. The van der Waals surface area contributed by atoms with Crippen molar-refractivity contribution in [1.82, 2.24) is 4.90 Å². The molecule has 19 heteroatoms. The highest BCUT2D eigenvalue weighted by molar-refractivity contribution is 5.64. The molecule has 0 spiro atoms. The molecule has 1 rings (SSSR count). The summed E-state index contributed by atoms with van der Waals surface area (Å²) < 4.78 is 223. The molecule has 0 bridgehead atoms. The van der Waals surface area contributed by atoms with E-state index in [1.807, 2.05) is 0 Å². The van der Waals surface area contributed by atoms with E-state index in [1.165, 1.54) is 13.3 Å². The van der Waals surface area contributed by atoms with E-state index < -0.39 is 66.7 Å². The number of aryl methyl sites for hydroxylation is 2. The third-order valence-electron chi connectivity index (χ3n) is 5.78. The second kappa shape index (κ2) is 10.9. The monoisotopic (exact) mass is 634 g/mol. The van der Waals surface area contributed by atoms with Gasteiger partial charge in [-0.3, -0.25) is 0 Å². The Bertz CT molecular complexity index is 1110. The molecule has 0 fully saturated rings. The van der Waals surface area contributed by atoms with Crippen molar-refractivity contribution in [3.63, 3.8) is 0 Å². The molecule has 0 heterocycles. The Balaban J connectivity index is 3.44. The Kier molecular flexibility index (Phi) is 9.67. The second-order valence-corrected chi connectivity index (χ2v) is 9.05. The van der Waals surface area contributed by atoms with E-state index in [0.717, 1.165) is 19.1 Å². The Hall–Kier alpha value is -2.63. The van der Waals surface area contributed by atoms with E-state index in [2.05, 4.69) is 9.73 Å². The molecule has 0 aliphatic carbocycles. The first-order chi connectivity index (χ1) is 18.0. The highest BCUT2D eigenvalue weighted by atomic mass is 19.4. The van der Waals surface area contributed by atoms with Crippen molar-refractivity contribution in [3.05, 3.63) is 23.3 Å². The predicted molar refractivity (Wildman–Crippen MR) is 113 cm³/mol. The Morgan fingerprint density at radius 2 is 1.10 bits per heavy atom. The van der Waals surface area contributed by atoms with Crippen molar-refractivity contribution in [2.45, 2.75) is 75.1 Å². The van der Waals surface area contributed by atoms with Gasteiger partial charge in [0.15, 0.2) is 6.61 Å². The molecule has 41 heavy (non-hydrogen) atoms. The van der Waals surface area contributed by atoms with E-state index in [0.29, 0.717) is 6.54 Å². The van der Waals surface area contributed by atoms with Crippen molar-refractivity contribution in [2.75, 3.05) is 20.2 Å². The van der Waals surface area contributed by atoms with Gasteiger partial charge in [0.2, 0.25) is 0 Å². The topological polar surface area (TPSA) is 24.8 Å². The van der Waals surface area contributed by atoms with Crippen LogP contribution in [0.3, 0.4) is 0 Å². The molecular weight excluding hydrogens is 612 g/mol. The van der Waals surface area contributed by atoms with Crippen LogP contribution in [0, 0.1) is 13.8 Å². The largest absolute Gasteiger partial charge is 0.487 e. The SMILES string of the molecule is CCN(C)C=Nc1cc(C)c(OCC(F)(F)C(F)(F)C(F)(F)C(F)(F)C(F)(F)C(F)(F)C(F)(F)C(C)(F)F)cc1C. The fourth-order valence-corrected chi connectivity index (χ4v) is 2.86. The van der Waals surface area contributed by atoms with Crippen molar-refractivity contribution in [2.24, 2.45) is 4.99 Å².